The van der Waals surface area contributed by atoms with Gasteiger partial charge in [-0.3, -0.25) is 4.79 Å². The van der Waals surface area contributed by atoms with Crippen LogP contribution in [0.15, 0.2) is 24.3 Å². The number of hydrogen-bond acceptors (Lipinski definition) is 3. The predicted molar refractivity (Wildman–Crippen MR) is 57.5 cm³/mol. The number of carbonyl (C=O) groups is 1. The van der Waals surface area contributed by atoms with Gasteiger partial charge in [-0.05, 0) is 17.7 Å². The molecule has 1 aromatic rings. The van der Waals surface area contributed by atoms with Crippen molar-refractivity contribution in [2.75, 3.05) is 20.2 Å². The number of ether oxygens (including phenoxy) is 1. The van der Waals surface area contributed by atoms with Crippen LogP contribution in [0.2, 0.25) is 0 Å². The first-order chi connectivity index (χ1) is 7.72. The molecule has 0 saturated carbocycles. The summed E-state index contributed by atoms with van der Waals surface area (Å²) in [6, 6.07) is 6.29. The first-order valence-corrected chi connectivity index (χ1v) is 5.26. The monoisotopic (exact) mass is 223 g/mol. The minimum Gasteiger partial charge on any atom is -0.469 e. The average Bonchev–Trinajstić information content (AvgIpc) is 2.78. The van der Waals surface area contributed by atoms with Crippen molar-refractivity contribution in [3.05, 3.63) is 35.6 Å². The number of rotatable bonds is 2. The zero-order valence-corrected chi connectivity index (χ0v) is 9.07. The number of carbonyl (C=O) groups excluding carboxylic acids is 1. The summed E-state index contributed by atoms with van der Waals surface area (Å²) >= 11 is 0. The number of nitrogens with one attached hydrogen (secondary N) is 1. The third-order valence-corrected chi connectivity index (χ3v) is 3.02. The molecule has 3 nitrogen and oxygen atoms in total. The fraction of sp³-hybridized carbons (Fsp3) is 0.417. The van der Waals surface area contributed by atoms with E-state index >= 15 is 0 Å². The van der Waals surface area contributed by atoms with Gasteiger partial charge in [0.05, 0.1) is 13.0 Å². The van der Waals surface area contributed by atoms with E-state index in [9.17, 15) is 9.18 Å². The van der Waals surface area contributed by atoms with Crippen LogP contribution in [0.4, 0.5) is 4.39 Å². The first kappa shape index (κ1) is 11.1. The van der Waals surface area contributed by atoms with Gasteiger partial charge in [0.25, 0.3) is 0 Å². The molecule has 2 atom stereocenters. The molecule has 1 aliphatic heterocycles. The van der Waals surface area contributed by atoms with Crippen LogP contribution in [0.5, 0.6) is 0 Å². The van der Waals surface area contributed by atoms with Crippen LogP contribution in [0.25, 0.3) is 0 Å². The predicted octanol–water partition coefficient (Wildman–Crippen LogP) is 1.30. The van der Waals surface area contributed by atoms with Crippen LogP contribution < -0.4 is 5.32 Å². The lowest BCUT2D eigenvalue weighted by Crippen LogP contribution is -2.22. The van der Waals surface area contributed by atoms with Crippen LogP contribution >= 0.6 is 0 Å². The standard InChI is InChI=1S/C12H14FNO2/c1-16-12(15)11-7-14-6-10(11)8-2-4-9(13)5-3-8/h2-5,10-11,14H,6-7H2,1H3. The summed E-state index contributed by atoms with van der Waals surface area (Å²) in [5.74, 6) is -0.563. The maximum Gasteiger partial charge on any atom is 0.310 e. The molecule has 2 rings (SSSR count). The summed E-state index contributed by atoms with van der Waals surface area (Å²) in [4.78, 5) is 11.5. The number of benzene rings is 1. The Morgan fingerprint density at radius 1 is 1.38 bits per heavy atom. The Bertz CT molecular complexity index is 377. The highest BCUT2D eigenvalue weighted by atomic mass is 19.1. The van der Waals surface area contributed by atoms with Gasteiger partial charge in [-0.2, -0.15) is 0 Å². The molecule has 0 spiro atoms. The molecule has 0 aromatic heterocycles. The maximum atomic E-state index is 12.8. The molecule has 4 heteroatoms. The lowest BCUT2D eigenvalue weighted by molar-refractivity contribution is -0.145. The summed E-state index contributed by atoms with van der Waals surface area (Å²) < 4.78 is 17.5. The molecule has 86 valence electrons. The van der Waals surface area contributed by atoms with Gasteiger partial charge in [0.2, 0.25) is 0 Å². The Morgan fingerprint density at radius 3 is 2.69 bits per heavy atom. The van der Waals surface area contributed by atoms with Gasteiger partial charge in [0.1, 0.15) is 5.82 Å². The Kier molecular flexibility index (Phi) is 3.19. The SMILES string of the molecule is COC(=O)C1CNCC1c1ccc(F)cc1. The van der Waals surface area contributed by atoms with Crippen molar-refractivity contribution in [3.63, 3.8) is 0 Å². The summed E-state index contributed by atoms with van der Waals surface area (Å²) in [5.41, 5.74) is 0.974. The van der Waals surface area contributed by atoms with E-state index in [0.717, 1.165) is 12.1 Å². The van der Waals surface area contributed by atoms with Crippen molar-refractivity contribution in [2.45, 2.75) is 5.92 Å². The van der Waals surface area contributed by atoms with E-state index in [0.29, 0.717) is 6.54 Å². The highest BCUT2D eigenvalue weighted by Crippen LogP contribution is 2.28. The second-order valence-electron chi connectivity index (χ2n) is 3.95. The van der Waals surface area contributed by atoms with Crippen LogP contribution in [-0.4, -0.2) is 26.2 Å². The topological polar surface area (TPSA) is 38.3 Å². The minimum atomic E-state index is -0.260. The van der Waals surface area contributed by atoms with Gasteiger partial charge in [-0.25, -0.2) is 4.39 Å². The molecule has 1 aromatic carbocycles. The molecule has 0 amide bonds. The molecule has 1 heterocycles. The quantitative estimate of drug-likeness (QED) is 0.768. The largest absolute Gasteiger partial charge is 0.469 e. The molecule has 1 fully saturated rings. The van der Waals surface area contributed by atoms with Gasteiger partial charge in [0, 0.05) is 19.0 Å². The van der Waals surface area contributed by atoms with E-state index < -0.39 is 0 Å². The van der Waals surface area contributed by atoms with Crippen molar-refractivity contribution in [3.8, 4) is 0 Å². The Balaban J connectivity index is 2.19. The van der Waals surface area contributed by atoms with Crippen molar-refractivity contribution < 1.29 is 13.9 Å². The van der Waals surface area contributed by atoms with Gasteiger partial charge >= 0.3 is 5.97 Å². The first-order valence-electron chi connectivity index (χ1n) is 5.26. The molecule has 0 bridgehead atoms. The smallest absolute Gasteiger partial charge is 0.310 e. The van der Waals surface area contributed by atoms with E-state index in [1.54, 1.807) is 12.1 Å². The third-order valence-electron chi connectivity index (χ3n) is 3.02. The number of esters is 1. The highest BCUT2D eigenvalue weighted by molar-refractivity contribution is 5.74. The van der Waals surface area contributed by atoms with Crippen molar-refractivity contribution in [1.29, 1.82) is 0 Å². The van der Waals surface area contributed by atoms with Crippen molar-refractivity contribution >= 4 is 5.97 Å². The van der Waals surface area contributed by atoms with Gasteiger partial charge in [-0.15, -0.1) is 0 Å². The molecule has 1 N–H and O–H groups in total. The molecule has 1 aliphatic rings. The summed E-state index contributed by atoms with van der Waals surface area (Å²) in [6.45, 7) is 1.35. The number of halogens is 1. The normalized spacial score (nSPS) is 24.4. The van der Waals surface area contributed by atoms with E-state index in [2.05, 4.69) is 5.32 Å². The van der Waals surface area contributed by atoms with Crippen molar-refractivity contribution in [1.82, 2.24) is 5.32 Å². The zero-order chi connectivity index (χ0) is 11.5. The average molecular weight is 223 g/mol. The van der Waals surface area contributed by atoms with Crippen LogP contribution in [0.3, 0.4) is 0 Å². The number of hydrogen-bond donors (Lipinski definition) is 1. The zero-order valence-electron chi connectivity index (χ0n) is 9.07. The van der Waals surface area contributed by atoms with Crippen LogP contribution in [0.1, 0.15) is 11.5 Å². The molecule has 1 saturated heterocycles. The third kappa shape index (κ3) is 2.07. The lowest BCUT2D eigenvalue weighted by atomic mass is 9.89. The highest BCUT2D eigenvalue weighted by Gasteiger charge is 2.34. The molecular weight excluding hydrogens is 209 g/mol. The van der Waals surface area contributed by atoms with E-state index in [-0.39, 0.29) is 23.6 Å². The van der Waals surface area contributed by atoms with Crippen LogP contribution in [-0.2, 0) is 9.53 Å². The van der Waals surface area contributed by atoms with E-state index in [1.165, 1.54) is 19.2 Å². The summed E-state index contributed by atoms with van der Waals surface area (Å²) in [6.07, 6.45) is 0. The lowest BCUT2D eigenvalue weighted by Gasteiger charge is -2.16. The van der Waals surface area contributed by atoms with Gasteiger partial charge in [-0.1, -0.05) is 12.1 Å². The van der Waals surface area contributed by atoms with Gasteiger partial charge < -0.3 is 10.1 Å². The Labute approximate surface area is 93.6 Å². The second-order valence-corrected chi connectivity index (χ2v) is 3.95. The van der Waals surface area contributed by atoms with Crippen molar-refractivity contribution in [2.24, 2.45) is 5.92 Å². The molecule has 16 heavy (non-hydrogen) atoms. The van der Waals surface area contributed by atoms with E-state index in [1.807, 2.05) is 0 Å². The minimum absolute atomic E-state index is 0.0769. The Morgan fingerprint density at radius 2 is 2.06 bits per heavy atom. The fourth-order valence-electron chi connectivity index (χ4n) is 2.14. The fourth-order valence-corrected chi connectivity index (χ4v) is 2.14. The Hall–Kier alpha value is -1.42. The molecule has 2 unspecified atom stereocenters. The molecule has 0 radical (unpaired) electrons. The molecular formula is C12H14FNO2. The molecule has 0 aliphatic carbocycles. The number of methoxy groups -OCH3 is 1. The van der Waals surface area contributed by atoms with E-state index in [4.69, 9.17) is 4.74 Å². The van der Waals surface area contributed by atoms with Gasteiger partial charge in [0.15, 0.2) is 0 Å². The summed E-state index contributed by atoms with van der Waals surface area (Å²) in [7, 11) is 1.39. The van der Waals surface area contributed by atoms with Crippen LogP contribution in [0, 0.1) is 11.7 Å². The maximum absolute atomic E-state index is 12.8. The second kappa shape index (κ2) is 4.61. The summed E-state index contributed by atoms with van der Waals surface area (Å²) in [5, 5.41) is 3.16.